The van der Waals surface area contributed by atoms with Gasteiger partial charge in [0.1, 0.15) is 41.3 Å². The van der Waals surface area contributed by atoms with Crippen LogP contribution in [0, 0.1) is 17.3 Å². The number of fused-ring (bicyclic) bond motifs is 5. The molecule has 3 aliphatic carbocycles. The predicted molar refractivity (Wildman–Crippen MR) is 197 cm³/mol. The second kappa shape index (κ2) is 14.3. The summed E-state index contributed by atoms with van der Waals surface area (Å²) in [5.41, 5.74) is -0.451. The first-order valence-electron chi connectivity index (χ1n) is 18.9. The molecule has 1 aromatic carbocycles. The van der Waals surface area contributed by atoms with Crippen molar-refractivity contribution in [2.75, 3.05) is 13.7 Å². The number of carbonyl (C=O) groups is 4. The lowest BCUT2D eigenvalue weighted by atomic mass is 9.85. The normalized spacial score (nSPS) is 30.3. The number of rotatable bonds is 7. The molecule has 2 bridgehead atoms. The number of ether oxygens (including phenoxy) is 3. The Bertz CT molecular complexity index is 1960. The van der Waals surface area contributed by atoms with Gasteiger partial charge in [-0.15, -0.1) is 6.58 Å². The van der Waals surface area contributed by atoms with Crippen LogP contribution in [0.2, 0.25) is 0 Å². The number of methoxy groups -OCH3 is 1. The van der Waals surface area contributed by atoms with E-state index in [0.717, 1.165) is 32.1 Å². The molecule has 3 saturated carbocycles. The zero-order valence-corrected chi connectivity index (χ0v) is 32.1. The zero-order chi connectivity index (χ0) is 38.6. The van der Waals surface area contributed by atoms with Gasteiger partial charge in [0, 0.05) is 18.4 Å². The van der Waals surface area contributed by atoms with Crippen molar-refractivity contribution < 1.29 is 41.8 Å². The molecular weight excluding hydrogens is 717 g/mol. The van der Waals surface area contributed by atoms with Crippen LogP contribution in [0.5, 0.6) is 11.6 Å². The maximum Gasteiger partial charge on any atom is 0.408 e. The summed E-state index contributed by atoms with van der Waals surface area (Å²) in [6.07, 6.45) is 5.93. The number of nitrogens with zero attached hydrogens (tertiary/aromatic N) is 3. The first-order chi connectivity index (χ1) is 25.6. The second-order valence-electron chi connectivity index (χ2n) is 16.5. The molecule has 2 aromatic rings. The van der Waals surface area contributed by atoms with Gasteiger partial charge in [-0.3, -0.25) is 19.1 Å². The lowest BCUT2D eigenvalue weighted by Gasteiger charge is -2.35. The Morgan fingerprint density at radius 2 is 1.85 bits per heavy atom. The van der Waals surface area contributed by atoms with E-state index < -0.39 is 74.1 Å². The Labute approximate surface area is 315 Å². The quantitative estimate of drug-likeness (QED) is 0.350. The van der Waals surface area contributed by atoms with Crippen molar-refractivity contribution in [3.63, 3.8) is 0 Å². The standard InChI is InChI=1S/C38H50N6O9S/c1-6-22-19-38(22,35(47)43-54(49,50)25-13-14-25)42-32(45)29-18-24-20-44(29)34(46)31(37(2,3)4)41-36(48)53-30-16-21(30)10-8-7-9-11-27-33(52-24)40-28-17-23(51-5)12-15-26(28)39-27/h6,12,15,17,21-22,24-25,29-31H,1,7-11,13-14,16,18-20H2,2-5H3,(H,41,48)(H,42,45)(H,43,47)/t21?,22-,24-,29+,30-,31?,38-/m1/s1. The fourth-order valence-electron chi connectivity index (χ4n) is 7.64. The molecule has 0 radical (unpaired) electrons. The molecule has 54 heavy (non-hydrogen) atoms. The van der Waals surface area contributed by atoms with Crippen molar-refractivity contribution in [2.45, 2.75) is 120 Å². The summed E-state index contributed by atoms with van der Waals surface area (Å²) >= 11 is 0. The minimum absolute atomic E-state index is 0.0245. The highest BCUT2D eigenvalue weighted by Gasteiger charge is 2.62. The molecular formula is C38H50N6O9S. The summed E-state index contributed by atoms with van der Waals surface area (Å²) in [4.78, 5) is 66.8. The summed E-state index contributed by atoms with van der Waals surface area (Å²) in [5.74, 6) is -1.39. The lowest BCUT2D eigenvalue weighted by molar-refractivity contribution is -0.142. The van der Waals surface area contributed by atoms with Crippen molar-refractivity contribution in [1.29, 1.82) is 0 Å². The molecule has 3 N–H and O–H groups in total. The molecule has 1 saturated heterocycles. The number of alkyl carbamates (subject to hydrolysis) is 1. The van der Waals surface area contributed by atoms with E-state index in [4.69, 9.17) is 24.2 Å². The van der Waals surface area contributed by atoms with Crippen LogP contribution in [0.1, 0.15) is 84.3 Å². The summed E-state index contributed by atoms with van der Waals surface area (Å²) in [5, 5.41) is 4.96. The average Bonchev–Trinajstić information content (AvgIpc) is 4.04. The van der Waals surface area contributed by atoms with Crippen LogP contribution in [0.4, 0.5) is 4.79 Å². The first kappa shape index (κ1) is 37.8. The van der Waals surface area contributed by atoms with Gasteiger partial charge in [0.05, 0.1) is 29.9 Å². The average molecular weight is 767 g/mol. The van der Waals surface area contributed by atoms with Crippen molar-refractivity contribution >= 4 is 44.9 Å². The SMILES string of the molecule is C=C[C@@H]1C[C@]1(NC(=O)[C@@H]1C[C@@H]2CN1C(=O)C(C(C)(C)C)NC(=O)O[C@@H]1CC1CCCCCc1nc3ccc(OC)cc3nc1O2)C(=O)NS(=O)(=O)C1CC1. The molecule has 5 aliphatic rings. The smallest absolute Gasteiger partial charge is 0.408 e. The molecule has 2 unspecified atom stereocenters. The third-order valence-corrected chi connectivity index (χ3v) is 13.1. The van der Waals surface area contributed by atoms with Gasteiger partial charge in [-0.2, -0.15) is 0 Å². The topological polar surface area (TPSA) is 195 Å². The van der Waals surface area contributed by atoms with E-state index in [1.165, 1.54) is 11.0 Å². The highest BCUT2D eigenvalue weighted by atomic mass is 32.2. The van der Waals surface area contributed by atoms with Gasteiger partial charge >= 0.3 is 6.09 Å². The Balaban J connectivity index is 1.22. The van der Waals surface area contributed by atoms with Crippen molar-refractivity contribution in [3.05, 3.63) is 36.5 Å². The minimum atomic E-state index is -3.90. The fraction of sp³-hybridized carbons (Fsp3) is 0.632. The summed E-state index contributed by atoms with van der Waals surface area (Å²) in [7, 11) is -2.33. The number of sulfonamides is 1. The van der Waals surface area contributed by atoms with Crippen LogP contribution >= 0.6 is 0 Å². The van der Waals surface area contributed by atoms with Gasteiger partial charge in [-0.05, 0) is 68.4 Å². The zero-order valence-electron chi connectivity index (χ0n) is 31.3. The number of benzene rings is 1. The largest absolute Gasteiger partial charge is 0.497 e. The third-order valence-electron chi connectivity index (χ3n) is 11.3. The molecule has 4 fully saturated rings. The summed E-state index contributed by atoms with van der Waals surface area (Å²) < 4.78 is 45.3. The van der Waals surface area contributed by atoms with Crippen LogP contribution in [0.15, 0.2) is 30.9 Å². The van der Waals surface area contributed by atoms with E-state index >= 15 is 0 Å². The van der Waals surface area contributed by atoms with Crippen LogP contribution < -0.4 is 24.8 Å². The number of carbonyl (C=O) groups excluding carboxylic acids is 4. The number of amides is 4. The van der Waals surface area contributed by atoms with Crippen molar-refractivity contribution in [2.24, 2.45) is 17.3 Å². The van der Waals surface area contributed by atoms with E-state index in [-0.39, 0.29) is 31.4 Å². The highest BCUT2D eigenvalue weighted by Crippen LogP contribution is 2.46. The molecule has 3 heterocycles. The van der Waals surface area contributed by atoms with Gasteiger partial charge < -0.3 is 29.7 Å². The van der Waals surface area contributed by atoms with E-state index in [1.54, 1.807) is 13.2 Å². The van der Waals surface area contributed by atoms with Gasteiger partial charge in [0.15, 0.2) is 0 Å². The number of aromatic nitrogens is 2. The predicted octanol–water partition coefficient (Wildman–Crippen LogP) is 3.30. The maximum atomic E-state index is 14.6. The number of aryl methyl sites for hydroxylation is 1. The Morgan fingerprint density at radius 1 is 1.07 bits per heavy atom. The molecule has 7 atom stereocenters. The Morgan fingerprint density at radius 3 is 2.54 bits per heavy atom. The molecule has 0 spiro atoms. The number of nitrogens with one attached hydrogen (secondary N) is 3. The van der Waals surface area contributed by atoms with E-state index in [1.807, 2.05) is 32.9 Å². The molecule has 16 heteroatoms. The van der Waals surface area contributed by atoms with Crippen LogP contribution in [-0.2, 0) is 35.6 Å². The molecule has 292 valence electrons. The fourth-order valence-corrected chi connectivity index (χ4v) is 9.00. The van der Waals surface area contributed by atoms with E-state index in [0.29, 0.717) is 47.6 Å². The van der Waals surface area contributed by atoms with Crippen LogP contribution in [-0.4, -0.2) is 95.8 Å². The van der Waals surface area contributed by atoms with Crippen LogP contribution in [0.25, 0.3) is 11.0 Å². The number of hydrogen-bond acceptors (Lipinski definition) is 11. The maximum absolute atomic E-state index is 14.6. The molecule has 7 rings (SSSR count). The van der Waals surface area contributed by atoms with Gasteiger partial charge in [-0.1, -0.05) is 39.7 Å². The van der Waals surface area contributed by atoms with Gasteiger partial charge in [0.25, 0.3) is 5.91 Å². The highest BCUT2D eigenvalue weighted by molar-refractivity contribution is 7.91. The van der Waals surface area contributed by atoms with Gasteiger partial charge in [-0.25, -0.2) is 23.2 Å². The van der Waals surface area contributed by atoms with E-state index in [2.05, 4.69) is 21.9 Å². The van der Waals surface area contributed by atoms with Crippen LogP contribution in [0.3, 0.4) is 0 Å². The Kier molecular flexibility index (Phi) is 10.0. The molecule has 15 nitrogen and oxygen atoms in total. The Hall–Kier alpha value is -4.47. The van der Waals surface area contributed by atoms with Crippen molar-refractivity contribution in [3.8, 4) is 11.6 Å². The second-order valence-corrected chi connectivity index (χ2v) is 18.4. The number of hydrogen-bond donors (Lipinski definition) is 3. The van der Waals surface area contributed by atoms with Crippen molar-refractivity contribution in [1.82, 2.24) is 30.2 Å². The third kappa shape index (κ3) is 7.85. The van der Waals surface area contributed by atoms with E-state index in [9.17, 15) is 27.6 Å². The first-order valence-corrected chi connectivity index (χ1v) is 20.5. The monoisotopic (exact) mass is 766 g/mol. The lowest BCUT2D eigenvalue weighted by Crippen LogP contribution is -2.60. The summed E-state index contributed by atoms with van der Waals surface area (Å²) in [6, 6.07) is 3.20. The molecule has 2 aliphatic heterocycles. The molecule has 4 amide bonds. The summed E-state index contributed by atoms with van der Waals surface area (Å²) in [6.45, 7) is 9.18. The molecule has 1 aromatic heterocycles. The van der Waals surface area contributed by atoms with Gasteiger partial charge in [0.2, 0.25) is 27.7 Å². The minimum Gasteiger partial charge on any atom is -0.497 e.